The topological polar surface area (TPSA) is 21.1 Å². The van der Waals surface area contributed by atoms with E-state index in [1.54, 1.807) is 0 Å². The number of hydrogen-bond donors (Lipinski definition) is 0. The van der Waals surface area contributed by atoms with Crippen LogP contribution in [0.3, 0.4) is 0 Å². The van der Waals surface area contributed by atoms with E-state index in [1.165, 1.54) is 154 Å². The highest BCUT2D eigenvalue weighted by molar-refractivity contribution is 7.03. The molecular formula is C87H64B2N6. The van der Waals surface area contributed by atoms with Crippen molar-refractivity contribution < 1.29 is 0 Å². The van der Waals surface area contributed by atoms with Gasteiger partial charge in [0.2, 0.25) is 0 Å². The summed E-state index contributed by atoms with van der Waals surface area (Å²) >= 11 is 0. The maximum absolute atomic E-state index is 2.92. The van der Waals surface area contributed by atoms with Crippen molar-refractivity contribution >= 4 is 142 Å². The van der Waals surface area contributed by atoms with Crippen molar-refractivity contribution in [1.82, 2.24) is 4.57 Å². The molecule has 13 aromatic carbocycles. The molecule has 7 heterocycles. The molecule has 4 bridgehead atoms. The molecule has 448 valence electrons. The van der Waals surface area contributed by atoms with Gasteiger partial charge in [0.1, 0.15) is 0 Å². The largest absolute Gasteiger partial charge is 0.365 e. The molecule has 0 amide bonds. The van der Waals surface area contributed by atoms with Crippen LogP contribution in [0.1, 0.15) is 32.1 Å². The van der Waals surface area contributed by atoms with Crippen molar-refractivity contribution in [2.45, 2.75) is 44.2 Å². The third-order valence-corrected chi connectivity index (χ3v) is 22.5. The maximum Gasteiger partial charge on any atom is 0.252 e. The van der Waals surface area contributed by atoms with E-state index in [-0.39, 0.29) is 13.4 Å². The van der Waals surface area contributed by atoms with Gasteiger partial charge in [-0.2, -0.15) is 0 Å². The summed E-state index contributed by atoms with van der Waals surface area (Å²) in [7, 11) is 0. The first-order chi connectivity index (χ1) is 47.1. The Labute approximate surface area is 555 Å². The molecular weight excluding hydrogens is 1150 g/mol. The predicted molar refractivity (Wildman–Crippen MR) is 400 cm³/mol. The van der Waals surface area contributed by atoms with E-state index in [9.17, 15) is 0 Å². The Kier molecular flexibility index (Phi) is 11.6. The molecule has 2 saturated heterocycles. The van der Waals surface area contributed by atoms with Crippen LogP contribution in [0.15, 0.2) is 303 Å². The molecule has 4 fully saturated rings. The second-order valence-corrected chi connectivity index (χ2v) is 27.5. The number of para-hydroxylation sites is 8. The van der Waals surface area contributed by atoms with E-state index < -0.39 is 0 Å². The Morgan fingerprint density at radius 3 is 1.12 bits per heavy atom. The van der Waals surface area contributed by atoms with E-state index in [0.29, 0.717) is 12.1 Å². The number of piperidine rings is 2. The number of anilines is 13. The fraction of sp³-hybridized carbons (Fsp3) is 0.103. The second-order valence-electron chi connectivity index (χ2n) is 27.5. The van der Waals surface area contributed by atoms with E-state index >= 15 is 0 Å². The SMILES string of the molecule is c1ccc(-c2cccc(-c3ccccc3)c2N2c3ccccc3B3c4cc5c(cc4N(c4ccccc4)c4cc(-n6c7ccccc7c7ccccc76)cc2c43)N(c2ccccc2)c2cc(N3C4CC6CC(C4)CC3C6)cc3c2B5c2ccccc2N3c2ccccc2)cc1. The highest BCUT2D eigenvalue weighted by Crippen LogP contribution is 2.56. The van der Waals surface area contributed by atoms with Crippen LogP contribution in [-0.4, -0.2) is 30.1 Å². The van der Waals surface area contributed by atoms with Crippen molar-refractivity contribution in [2.75, 3.05) is 24.5 Å². The van der Waals surface area contributed by atoms with Gasteiger partial charge in [-0.1, -0.05) is 212 Å². The van der Waals surface area contributed by atoms with Gasteiger partial charge in [0, 0.05) is 102 Å². The molecule has 0 radical (unpaired) electrons. The molecule has 22 rings (SSSR count). The van der Waals surface area contributed by atoms with Crippen molar-refractivity contribution in [3.05, 3.63) is 303 Å². The van der Waals surface area contributed by atoms with Crippen LogP contribution in [0, 0.1) is 11.8 Å². The molecule has 95 heavy (non-hydrogen) atoms. The highest BCUT2D eigenvalue weighted by atomic mass is 15.2. The van der Waals surface area contributed by atoms with Crippen LogP contribution in [0.2, 0.25) is 0 Å². The van der Waals surface area contributed by atoms with E-state index in [4.69, 9.17) is 0 Å². The Balaban J connectivity index is 0.888. The summed E-state index contributed by atoms with van der Waals surface area (Å²) in [6.07, 6.45) is 6.57. The van der Waals surface area contributed by atoms with Gasteiger partial charge in [-0.15, -0.1) is 0 Å². The molecule has 6 aliphatic heterocycles. The standard InChI is InChI=1S/C87H64B2N6/c1-6-25-58(26-7-1)67-37-24-38-68(59-27-8-2-9-28-59)87(67)95-78-44-23-19-40-72(78)89-74-54-73-79(55-80(74)93(62-33-14-5-15-34-62)83-52-66(53-84(95)86(83)89)94-75-41-20-16-35-69(75)70-36-17-21-42-76(70)94)92(61-31-12-4-13-32-61)82-51-65(90-63-46-56-45-57(48-63)49-64(90)47-56)50-81-85(82)88(73)71-39-18-22-43-77(71)91(81)60-29-10-3-11-30-60/h1-44,50-57,63-64H,45-49H2. The van der Waals surface area contributed by atoms with Gasteiger partial charge in [0.15, 0.2) is 0 Å². The zero-order valence-corrected chi connectivity index (χ0v) is 52.6. The first kappa shape index (κ1) is 53.3. The van der Waals surface area contributed by atoms with Crippen molar-refractivity contribution in [3.8, 4) is 27.9 Å². The number of nitrogens with zero attached hydrogens (tertiary/aromatic N) is 6. The average molecular weight is 1220 g/mol. The lowest BCUT2D eigenvalue weighted by atomic mass is 9.30. The van der Waals surface area contributed by atoms with Crippen LogP contribution < -0.4 is 57.3 Å². The number of aromatic nitrogens is 1. The Morgan fingerprint density at radius 2 is 0.642 bits per heavy atom. The first-order valence-electron chi connectivity index (χ1n) is 34.2. The third-order valence-electron chi connectivity index (χ3n) is 22.5. The highest BCUT2D eigenvalue weighted by Gasteiger charge is 2.51. The summed E-state index contributed by atoms with van der Waals surface area (Å²) in [6, 6.07) is 116. The average Bonchev–Trinajstić information content (AvgIpc) is 0.750. The minimum absolute atomic E-state index is 0.0933. The predicted octanol–water partition coefficient (Wildman–Crippen LogP) is 18.1. The smallest absolute Gasteiger partial charge is 0.252 e. The second kappa shape index (κ2) is 20.6. The number of benzene rings is 13. The molecule has 2 saturated carbocycles. The molecule has 6 nitrogen and oxygen atoms in total. The van der Waals surface area contributed by atoms with E-state index in [2.05, 4.69) is 332 Å². The van der Waals surface area contributed by atoms with E-state index in [1.807, 2.05) is 0 Å². The van der Waals surface area contributed by atoms with Crippen molar-refractivity contribution in [1.29, 1.82) is 0 Å². The summed E-state index contributed by atoms with van der Waals surface area (Å²) in [5.74, 6) is 1.67. The van der Waals surface area contributed by atoms with Gasteiger partial charge in [-0.25, -0.2) is 0 Å². The molecule has 14 aromatic rings. The molecule has 2 aliphatic carbocycles. The Hall–Kier alpha value is -11.2. The maximum atomic E-state index is 2.92. The monoisotopic (exact) mass is 1210 g/mol. The van der Waals surface area contributed by atoms with Crippen molar-refractivity contribution in [2.24, 2.45) is 11.8 Å². The lowest BCUT2D eigenvalue weighted by Crippen LogP contribution is -2.65. The van der Waals surface area contributed by atoms with Gasteiger partial charge in [-0.3, -0.25) is 0 Å². The zero-order chi connectivity index (χ0) is 62.0. The fourth-order valence-corrected chi connectivity index (χ4v) is 19.1. The summed E-state index contributed by atoms with van der Waals surface area (Å²) < 4.78 is 2.53. The van der Waals surface area contributed by atoms with Crippen LogP contribution in [-0.2, 0) is 0 Å². The number of rotatable bonds is 8. The quantitative estimate of drug-likeness (QED) is 0.141. The molecule has 0 N–H and O–H groups in total. The lowest BCUT2D eigenvalue weighted by Gasteiger charge is -2.58. The van der Waals surface area contributed by atoms with Crippen LogP contribution >= 0.6 is 0 Å². The molecule has 8 heteroatoms. The third kappa shape index (κ3) is 7.82. The Bertz CT molecular complexity index is 5310. The number of hydrogen-bond acceptors (Lipinski definition) is 5. The first-order valence-corrected chi connectivity index (χ1v) is 34.2. The Morgan fingerprint density at radius 1 is 0.263 bits per heavy atom. The van der Waals surface area contributed by atoms with Crippen molar-refractivity contribution in [3.63, 3.8) is 0 Å². The fourth-order valence-electron chi connectivity index (χ4n) is 19.1. The summed E-state index contributed by atoms with van der Waals surface area (Å²) in [5.41, 5.74) is 31.5. The molecule has 0 atom stereocenters. The van der Waals surface area contributed by atoms with Crippen LogP contribution in [0.25, 0.3) is 49.7 Å². The summed E-state index contributed by atoms with van der Waals surface area (Å²) in [6.45, 7) is -0.272. The van der Waals surface area contributed by atoms with Gasteiger partial charge >= 0.3 is 0 Å². The summed E-state index contributed by atoms with van der Waals surface area (Å²) in [5, 5.41) is 2.46. The molecule has 0 spiro atoms. The molecule has 1 aromatic heterocycles. The minimum atomic E-state index is -0.179. The lowest BCUT2D eigenvalue weighted by molar-refractivity contribution is 0.0900. The number of fused-ring (bicyclic) bond motifs is 11. The molecule has 8 aliphatic rings. The molecule has 0 unspecified atom stereocenters. The van der Waals surface area contributed by atoms with Gasteiger partial charge < -0.3 is 29.1 Å². The van der Waals surface area contributed by atoms with Crippen LogP contribution in [0.4, 0.5) is 73.9 Å². The van der Waals surface area contributed by atoms with Gasteiger partial charge in [0.05, 0.1) is 22.4 Å². The van der Waals surface area contributed by atoms with Gasteiger partial charge in [0.25, 0.3) is 13.4 Å². The van der Waals surface area contributed by atoms with E-state index in [0.717, 1.165) is 46.0 Å². The van der Waals surface area contributed by atoms with Gasteiger partial charge in [-0.05, 0) is 179 Å². The minimum Gasteiger partial charge on any atom is -0.365 e. The summed E-state index contributed by atoms with van der Waals surface area (Å²) in [4.78, 5) is 13.5. The normalized spacial score (nSPS) is 18.2. The van der Waals surface area contributed by atoms with Crippen LogP contribution in [0.5, 0.6) is 0 Å². The zero-order valence-electron chi connectivity index (χ0n) is 52.6.